The Bertz CT molecular complexity index is 910. The number of benzene rings is 2. The fraction of sp³-hybridized carbons (Fsp3) is 0.222. The number of para-hydroxylation sites is 1. The first-order valence-electron chi connectivity index (χ1n) is 7.99. The van der Waals surface area contributed by atoms with Crippen molar-refractivity contribution in [3.05, 3.63) is 75.1 Å². The number of nitrogens with two attached hydrogens (primary N) is 1. The number of carbonyl (C=O) groups excluding carboxylic acids is 2. The molecule has 7 nitrogen and oxygen atoms in total. The molecule has 0 bridgehead atoms. The van der Waals surface area contributed by atoms with E-state index in [9.17, 15) is 9.59 Å². The molecule has 2 aromatic rings. The topological polar surface area (TPSA) is 112 Å². The lowest BCUT2D eigenvalue weighted by Gasteiger charge is -2.23. The second-order valence-corrected chi connectivity index (χ2v) is 6.45. The fourth-order valence-corrected chi connectivity index (χ4v) is 3.49. The quantitative estimate of drug-likeness (QED) is 0.506. The number of hydrogen-bond donors (Lipinski definition) is 1. The van der Waals surface area contributed by atoms with Gasteiger partial charge in [-0.25, -0.2) is 0 Å². The molecule has 26 heavy (non-hydrogen) atoms. The molecule has 1 aliphatic heterocycles. The SMILES string of the molecule is [N-]=[N+]=NC1CC(c2cccc(Cl)c2)c2ccccc2N(CC(N)=O)C1=O. The standard InChI is InChI=1S/C18H16ClN5O2/c19-12-5-3-4-11(8-12)14-9-15(22-23-21)18(26)24(10-17(20)25)16-7-2-1-6-13(14)16/h1-8,14-15H,9-10H2,(H2,20,25). The van der Waals surface area contributed by atoms with Crippen LogP contribution in [0.3, 0.4) is 0 Å². The van der Waals surface area contributed by atoms with Crippen molar-refractivity contribution < 1.29 is 9.59 Å². The highest BCUT2D eigenvalue weighted by molar-refractivity contribution is 6.30. The highest BCUT2D eigenvalue weighted by Gasteiger charge is 2.35. The largest absolute Gasteiger partial charge is 0.368 e. The highest BCUT2D eigenvalue weighted by atomic mass is 35.5. The fourth-order valence-electron chi connectivity index (χ4n) is 3.29. The van der Waals surface area contributed by atoms with Gasteiger partial charge in [0.05, 0.1) is 0 Å². The number of hydrogen-bond acceptors (Lipinski definition) is 3. The van der Waals surface area contributed by atoms with Crippen LogP contribution in [0.25, 0.3) is 10.4 Å². The molecule has 0 radical (unpaired) electrons. The van der Waals surface area contributed by atoms with E-state index in [1.165, 1.54) is 4.90 Å². The molecule has 2 amide bonds. The Hall–Kier alpha value is -3.02. The molecule has 8 heteroatoms. The van der Waals surface area contributed by atoms with Gasteiger partial charge in [0.15, 0.2) is 0 Å². The highest BCUT2D eigenvalue weighted by Crippen LogP contribution is 2.40. The number of primary amides is 1. The van der Waals surface area contributed by atoms with E-state index < -0.39 is 17.9 Å². The maximum Gasteiger partial charge on any atom is 0.237 e. The van der Waals surface area contributed by atoms with Crippen molar-refractivity contribution in [3.8, 4) is 0 Å². The van der Waals surface area contributed by atoms with Gasteiger partial charge in [0, 0.05) is 21.5 Å². The molecule has 2 unspecified atom stereocenters. The molecule has 2 atom stereocenters. The summed E-state index contributed by atoms with van der Waals surface area (Å²) in [4.78, 5) is 28.5. The van der Waals surface area contributed by atoms with Crippen molar-refractivity contribution in [2.75, 3.05) is 11.4 Å². The predicted molar refractivity (Wildman–Crippen MR) is 98.8 cm³/mol. The smallest absolute Gasteiger partial charge is 0.237 e. The minimum atomic E-state index is -0.948. The summed E-state index contributed by atoms with van der Waals surface area (Å²) in [5.74, 6) is -1.31. The van der Waals surface area contributed by atoms with E-state index >= 15 is 0 Å². The Labute approximate surface area is 155 Å². The number of amides is 2. The third kappa shape index (κ3) is 3.49. The molecule has 132 valence electrons. The summed E-state index contributed by atoms with van der Waals surface area (Å²) in [5.41, 5.74) is 16.5. The van der Waals surface area contributed by atoms with E-state index in [1.54, 1.807) is 18.2 Å². The maximum atomic E-state index is 12.9. The van der Waals surface area contributed by atoms with Crippen molar-refractivity contribution in [3.63, 3.8) is 0 Å². The van der Waals surface area contributed by atoms with Crippen LogP contribution in [0.2, 0.25) is 5.02 Å². The second kappa shape index (κ2) is 7.47. The third-order valence-corrected chi connectivity index (χ3v) is 4.60. The van der Waals surface area contributed by atoms with Crippen molar-refractivity contribution in [2.24, 2.45) is 10.8 Å². The Morgan fingerprint density at radius 3 is 2.77 bits per heavy atom. The van der Waals surface area contributed by atoms with Gasteiger partial charge in [-0.3, -0.25) is 9.59 Å². The number of rotatable bonds is 4. The van der Waals surface area contributed by atoms with Gasteiger partial charge in [0.1, 0.15) is 12.6 Å². The van der Waals surface area contributed by atoms with Gasteiger partial charge in [-0.2, -0.15) is 0 Å². The lowest BCUT2D eigenvalue weighted by molar-refractivity contribution is -0.123. The lowest BCUT2D eigenvalue weighted by atomic mass is 9.86. The Kier molecular flexibility index (Phi) is 5.11. The van der Waals surface area contributed by atoms with Crippen LogP contribution in [0.15, 0.2) is 53.6 Å². The normalized spacial score (nSPS) is 19.3. The molecule has 0 saturated heterocycles. The van der Waals surface area contributed by atoms with E-state index in [-0.39, 0.29) is 18.9 Å². The van der Waals surface area contributed by atoms with Gasteiger partial charge in [0.2, 0.25) is 11.8 Å². The predicted octanol–water partition coefficient (Wildman–Crippen LogP) is 3.37. The first-order valence-corrected chi connectivity index (χ1v) is 8.37. The van der Waals surface area contributed by atoms with E-state index in [2.05, 4.69) is 10.0 Å². The second-order valence-electron chi connectivity index (χ2n) is 6.01. The van der Waals surface area contributed by atoms with Gasteiger partial charge < -0.3 is 10.6 Å². The van der Waals surface area contributed by atoms with Gasteiger partial charge in [-0.15, -0.1) is 0 Å². The van der Waals surface area contributed by atoms with Gasteiger partial charge in [-0.05, 0) is 41.3 Å². The first-order chi connectivity index (χ1) is 12.5. The zero-order valence-corrected chi connectivity index (χ0v) is 14.5. The molecule has 2 N–H and O–H groups in total. The van der Waals surface area contributed by atoms with Crippen molar-refractivity contribution in [2.45, 2.75) is 18.4 Å². The lowest BCUT2D eigenvalue weighted by Crippen LogP contribution is -2.42. The maximum absolute atomic E-state index is 12.9. The average molecular weight is 370 g/mol. The Morgan fingerprint density at radius 2 is 2.08 bits per heavy atom. The molecule has 0 aromatic heterocycles. The van der Waals surface area contributed by atoms with Crippen LogP contribution < -0.4 is 10.6 Å². The molecule has 0 spiro atoms. The number of nitrogens with zero attached hydrogens (tertiary/aromatic N) is 4. The monoisotopic (exact) mass is 369 g/mol. The minimum Gasteiger partial charge on any atom is -0.368 e. The molecule has 3 rings (SSSR count). The Balaban J connectivity index is 2.19. The van der Waals surface area contributed by atoms with Crippen LogP contribution in [0.5, 0.6) is 0 Å². The summed E-state index contributed by atoms with van der Waals surface area (Å²) >= 11 is 6.14. The molecule has 0 aliphatic carbocycles. The van der Waals surface area contributed by atoms with Gasteiger partial charge in [0.25, 0.3) is 0 Å². The average Bonchev–Trinajstić information content (AvgIpc) is 2.72. The number of carbonyl (C=O) groups is 2. The number of fused-ring (bicyclic) bond motifs is 1. The summed E-state index contributed by atoms with van der Waals surface area (Å²) in [7, 11) is 0. The molecule has 0 fully saturated rings. The van der Waals surface area contributed by atoms with Crippen LogP contribution in [-0.2, 0) is 9.59 Å². The zero-order chi connectivity index (χ0) is 18.7. The van der Waals surface area contributed by atoms with Gasteiger partial charge >= 0.3 is 0 Å². The van der Waals surface area contributed by atoms with E-state index in [4.69, 9.17) is 22.9 Å². The minimum absolute atomic E-state index is 0.220. The number of anilines is 1. The summed E-state index contributed by atoms with van der Waals surface area (Å²) < 4.78 is 0. The molecular formula is C18H16ClN5O2. The first kappa shape index (κ1) is 17.8. The van der Waals surface area contributed by atoms with Crippen molar-refractivity contribution >= 4 is 29.1 Å². The Morgan fingerprint density at radius 1 is 1.31 bits per heavy atom. The van der Waals surface area contributed by atoms with Crippen molar-refractivity contribution in [1.82, 2.24) is 0 Å². The van der Waals surface area contributed by atoms with Crippen LogP contribution in [0.1, 0.15) is 23.5 Å². The number of azide groups is 1. The summed E-state index contributed by atoms with van der Waals surface area (Å²) in [6.07, 6.45) is 0.273. The summed E-state index contributed by atoms with van der Waals surface area (Å²) in [6, 6.07) is 13.7. The van der Waals surface area contributed by atoms with E-state index in [0.717, 1.165) is 11.1 Å². The van der Waals surface area contributed by atoms with Crippen LogP contribution >= 0.6 is 11.6 Å². The zero-order valence-electron chi connectivity index (χ0n) is 13.7. The van der Waals surface area contributed by atoms with Gasteiger partial charge in [-0.1, -0.05) is 47.0 Å². The van der Waals surface area contributed by atoms with E-state index in [0.29, 0.717) is 10.7 Å². The van der Waals surface area contributed by atoms with Crippen molar-refractivity contribution in [1.29, 1.82) is 0 Å². The van der Waals surface area contributed by atoms with Crippen LogP contribution in [0, 0.1) is 0 Å². The molecule has 1 aliphatic rings. The summed E-state index contributed by atoms with van der Waals surface area (Å²) in [5, 5.41) is 4.24. The van der Waals surface area contributed by atoms with Crippen LogP contribution in [0.4, 0.5) is 5.69 Å². The summed E-state index contributed by atoms with van der Waals surface area (Å²) in [6.45, 7) is -0.282. The third-order valence-electron chi connectivity index (χ3n) is 4.37. The molecule has 1 heterocycles. The number of halogens is 1. The van der Waals surface area contributed by atoms with E-state index in [1.807, 2.05) is 30.3 Å². The molecular weight excluding hydrogens is 354 g/mol. The van der Waals surface area contributed by atoms with Crippen LogP contribution in [-0.4, -0.2) is 24.4 Å². The molecule has 0 saturated carbocycles. The molecule has 2 aromatic carbocycles.